The predicted molar refractivity (Wildman–Crippen MR) is 102 cm³/mol. The number of fused-ring (bicyclic) bond motifs is 4. The molecule has 0 aliphatic carbocycles. The number of likely N-dealkylation sites (N-methyl/N-ethyl adjacent to an activating group) is 1. The summed E-state index contributed by atoms with van der Waals surface area (Å²) in [6.07, 6.45) is 5.39. The van der Waals surface area contributed by atoms with Crippen LogP contribution in [0, 0.1) is 11.3 Å². The summed E-state index contributed by atoms with van der Waals surface area (Å²) < 4.78 is 0. The Kier molecular flexibility index (Phi) is 3.93. The van der Waals surface area contributed by atoms with E-state index in [1.807, 2.05) is 12.1 Å². The van der Waals surface area contributed by atoms with E-state index in [-0.39, 0.29) is 11.8 Å². The molecule has 2 aliphatic rings. The molecular weight excluding hydrogens is 324 g/mol. The third kappa shape index (κ3) is 2.38. The van der Waals surface area contributed by atoms with Crippen molar-refractivity contribution < 1.29 is 5.11 Å². The molecule has 1 aromatic carbocycles. The van der Waals surface area contributed by atoms with Crippen molar-refractivity contribution >= 4 is 5.82 Å². The lowest BCUT2D eigenvalue weighted by molar-refractivity contribution is 0.222. The van der Waals surface area contributed by atoms with Crippen LogP contribution in [0.4, 0.5) is 5.82 Å². The molecule has 0 saturated carbocycles. The molecular formula is C21H22N4O. The number of benzene rings is 1. The van der Waals surface area contributed by atoms with Crippen molar-refractivity contribution in [3.05, 3.63) is 53.2 Å². The first-order valence-electron chi connectivity index (χ1n) is 8.92. The Balaban J connectivity index is 2.00. The zero-order valence-electron chi connectivity index (χ0n) is 14.9. The number of rotatable bonds is 3. The SMILES string of the molecule is C=CCc1cc(-c2c(C#N)c(N)nc3c2[C@@H]2CC[C@H](C3)N2C)ccc1O. The zero-order chi connectivity index (χ0) is 18.4. The summed E-state index contributed by atoms with van der Waals surface area (Å²) in [7, 11) is 2.15. The van der Waals surface area contributed by atoms with Crippen LogP contribution in [0.1, 0.15) is 41.3 Å². The highest BCUT2D eigenvalue weighted by Crippen LogP contribution is 2.48. The van der Waals surface area contributed by atoms with Crippen molar-refractivity contribution in [1.29, 1.82) is 5.26 Å². The summed E-state index contributed by atoms with van der Waals surface area (Å²) in [6, 6.07) is 8.50. The minimum absolute atomic E-state index is 0.237. The van der Waals surface area contributed by atoms with E-state index in [1.54, 1.807) is 12.1 Å². The highest BCUT2D eigenvalue weighted by Gasteiger charge is 2.41. The third-order valence-corrected chi connectivity index (χ3v) is 5.79. The molecule has 1 saturated heterocycles. The fraction of sp³-hybridized carbons (Fsp3) is 0.333. The molecule has 2 aromatic rings. The van der Waals surface area contributed by atoms with Crippen molar-refractivity contribution in [3.63, 3.8) is 0 Å². The zero-order valence-corrected chi connectivity index (χ0v) is 14.9. The van der Waals surface area contributed by atoms with E-state index in [0.29, 0.717) is 23.8 Å². The minimum Gasteiger partial charge on any atom is -0.508 e. The second-order valence-electron chi connectivity index (χ2n) is 7.17. The number of phenols is 1. The van der Waals surface area contributed by atoms with Gasteiger partial charge in [-0.1, -0.05) is 12.1 Å². The largest absolute Gasteiger partial charge is 0.508 e. The van der Waals surface area contributed by atoms with E-state index in [0.717, 1.165) is 47.2 Å². The number of allylic oxidation sites excluding steroid dienone is 1. The number of nitrogens with zero attached hydrogens (tertiary/aromatic N) is 3. The summed E-state index contributed by atoms with van der Waals surface area (Å²) >= 11 is 0. The monoisotopic (exact) mass is 346 g/mol. The lowest BCUT2D eigenvalue weighted by Crippen LogP contribution is -2.35. The van der Waals surface area contributed by atoms with Crippen molar-refractivity contribution in [2.75, 3.05) is 12.8 Å². The number of hydrogen-bond acceptors (Lipinski definition) is 5. The van der Waals surface area contributed by atoms with E-state index < -0.39 is 0 Å². The maximum Gasteiger partial charge on any atom is 0.142 e. The number of nitrogens with two attached hydrogens (primary N) is 1. The van der Waals surface area contributed by atoms with Crippen LogP contribution in [-0.2, 0) is 12.8 Å². The summed E-state index contributed by atoms with van der Waals surface area (Å²) in [6.45, 7) is 3.76. The van der Waals surface area contributed by atoms with E-state index in [4.69, 9.17) is 5.73 Å². The Hall–Kier alpha value is -2.84. The highest BCUT2D eigenvalue weighted by atomic mass is 16.3. The van der Waals surface area contributed by atoms with Gasteiger partial charge in [0.15, 0.2) is 0 Å². The molecule has 3 N–H and O–H groups in total. The van der Waals surface area contributed by atoms with E-state index in [9.17, 15) is 10.4 Å². The second-order valence-corrected chi connectivity index (χ2v) is 7.17. The fourth-order valence-corrected chi connectivity index (χ4v) is 4.49. The summed E-state index contributed by atoms with van der Waals surface area (Å²) in [5.41, 5.74) is 11.3. The minimum atomic E-state index is 0.237. The number of aromatic nitrogens is 1. The molecule has 2 aliphatic heterocycles. The van der Waals surface area contributed by atoms with Crippen LogP contribution >= 0.6 is 0 Å². The third-order valence-electron chi connectivity index (χ3n) is 5.79. The molecule has 0 unspecified atom stereocenters. The maximum atomic E-state index is 10.1. The molecule has 0 amide bonds. The average Bonchev–Trinajstić information content (AvgIpc) is 2.86. The topological polar surface area (TPSA) is 86.2 Å². The smallest absolute Gasteiger partial charge is 0.142 e. The van der Waals surface area contributed by atoms with Crippen LogP contribution in [0.15, 0.2) is 30.9 Å². The van der Waals surface area contributed by atoms with Crippen LogP contribution in [0.5, 0.6) is 5.75 Å². The molecule has 5 nitrogen and oxygen atoms in total. The highest BCUT2D eigenvalue weighted by molar-refractivity contribution is 5.80. The van der Waals surface area contributed by atoms with Gasteiger partial charge in [-0.05, 0) is 49.6 Å². The van der Waals surface area contributed by atoms with Gasteiger partial charge in [-0.15, -0.1) is 6.58 Å². The first-order valence-corrected chi connectivity index (χ1v) is 8.92. The number of anilines is 1. The van der Waals surface area contributed by atoms with Crippen molar-refractivity contribution in [2.45, 2.75) is 37.8 Å². The molecule has 26 heavy (non-hydrogen) atoms. The molecule has 0 spiro atoms. The molecule has 2 atom stereocenters. The molecule has 2 bridgehead atoms. The predicted octanol–water partition coefficient (Wildman–Crippen LogP) is 3.33. The first-order chi connectivity index (χ1) is 12.5. The van der Waals surface area contributed by atoms with Gasteiger partial charge >= 0.3 is 0 Å². The van der Waals surface area contributed by atoms with Crippen LogP contribution in [0.3, 0.4) is 0 Å². The van der Waals surface area contributed by atoms with Crippen LogP contribution in [-0.4, -0.2) is 28.1 Å². The van der Waals surface area contributed by atoms with Crippen LogP contribution in [0.25, 0.3) is 11.1 Å². The van der Waals surface area contributed by atoms with E-state index in [2.05, 4.69) is 29.6 Å². The Morgan fingerprint density at radius 1 is 1.46 bits per heavy atom. The number of pyridine rings is 1. The van der Waals surface area contributed by atoms with Crippen LogP contribution in [0.2, 0.25) is 0 Å². The lowest BCUT2D eigenvalue weighted by atomic mass is 9.86. The standard InChI is InChI=1S/C21H22N4O/c1-3-4-12-9-13(5-8-18(12)26)19-15(11-22)21(23)24-16-10-14-6-7-17(20(16)19)25(14)2/h3,5,8-9,14,17,26H,1,4,6-7,10H2,2H3,(H2,23,24)/t14-,17+/m1/s1. The summed E-state index contributed by atoms with van der Waals surface area (Å²) in [4.78, 5) is 6.98. The van der Waals surface area contributed by atoms with Crippen molar-refractivity contribution in [2.24, 2.45) is 0 Å². The molecule has 3 heterocycles. The number of aromatic hydroxyl groups is 1. The normalized spacial score (nSPS) is 21.2. The quantitative estimate of drug-likeness (QED) is 0.833. The number of hydrogen-bond donors (Lipinski definition) is 2. The Bertz CT molecular complexity index is 944. The average molecular weight is 346 g/mol. The fourth-order valence-electron chi connectivity index (χ4n) is 4.49. The summed E-state index contributed by atoms with van der Waals surface area (Å²) in [5.74, 6) is 0.532. The van der Waals surface area contributed by atoms with Gasteiger partial charge in [0.05, 0.1) is 0 Å². The van der Waals surface area contributed by atoms with Gasteiger partial charge in [-0.25, -0.2) is 4.98 Å². The van der Waals surface area contributed by atoms with Gasteiger partial charge in [0.1, 0.15) is 23.2 Å². The van der Waals surface area contributed by atoms with Gasteiger partial charge in [0, 0.05) is 35.3 Å². The lowest BCUT2D eigenvalue weighted by Gasteiger charge is -2.34. The second kappa shape index (κ2) is 6.15. The van der Waals surface area contributed by atoms with Gasteiger partial charge in [0.2, 0.25) is 0 Å². The molecule has 0 radical (unpaired) electrons. The summed E-state index contributed by atoms with van der Waals surface area (Å²) in [5, 5.41) is 19.9. The Morgan fingerprint density at radius 2 is 2.27 bits per heavy atom. The number of nitriles is 1. The van der Waals surface area contributed by atoms with Gasteiger partial charge < -0.3 is 10.8 Å². The van der Waals surface area contributed by atoms with Gasteiger partial charge in [-0.3, -0.25) is 4.90 Å². The van der Waals surface area contributed by atoms with Gasteiger partial charge in [0.25, 0.3) is 0 Å². The Labute approximate surface area is 153 Å². The molecule has 132 valence electrons. The van der Waals surface area contributed by atoms with E-state index >= 15 is 0 Å². The first kappa shape index (κ1) is 16.6. The number of phenolic OH excluding ortho intramolecular Hbond substituents is 1. The van der Waals surface area contributed by atoms with Crippen molar-refractivity contribution in [1.82, 2.24) is 9.88 Å². The van der Waals surface area contributed by atoms with E-state index in [1.165, 1.54) is 0 Å². The maximum absolute atomic E-state index is 10.1. The van der Waals surface area contributed by atoms with Crippen LogP contribution < -0.4 is 5.73 Å². The molecule has 4 rings (SSSR count). The Morgan fingerprint density at radius 3 is 3.00 bits per heavy atom. The molecule has 1 aromatic heterocycles. The van der Waals surface area contributed by atoms with Gasteiger partial charge in [-0.2, -0.15) is 5.26 Å². The van der Waals surface area contributed by atoms with Crippen molar-refractivity contribution in [3.8, 4) is 22.9 Å². The number of nitrogen functional groups attached to an aromatic ring is 1. The molecule has 5 heteroatoms. The molecule has 1 fully saturated rings.